The van der Waals surface area contributed by atoms with Crippen molar-refractivity contribution in [2.24, 2.45) is 5.73 Å². The van der Waals surface area contributed by atoms with Gasteiger partial charge in [0.1, 0.15) is 0 Å². The number of thiophene rings is 1. The number of hydrogen-bond acceptors (Lipinski definition) is 5. The number of amides is 1. The number of aromatic nitrogens is 2. The van der Waals surface area contributed by atoms with Gasteiger partial charge in [0.05, 0.1) is 0 Å². The molecule has 25 heavy (non-hydrogen) atoms. The van der Waals surface area contributed by atoms with Crippen LogP contribution >= 0.6 is 11.3 Å². The first kappa shape index (κ1) is 18.1. The first-order valence-electron chi connectivity index (χ1n) is 8.16. The van der Waals surface area contributed by atoms with Crippen molar-refractivity contribution < 1.29 is 4.79 Å². The van der Waals surface area contributed by atoms with Crippen LogP contribution in [-0.2, 0) is 11.8 Å². The van der Waals surface area contributed by atoms with Crippen molar-refractivity contribution in [3.8, 4) is 0 Å². The number of nitrogens with zero attached hydrogens (tertiary/aromatic N) is 2. The number of rotatable bonds is 4. The Labute approximate surface area is 157 Å². The van der Waals surface area contributed by atoms with Gasteiger partial charge in [0.25, 0.3) is 0 Å². The zero-order valence-corrected chi connectivity index (χ0v) is 17.6. The maximum absolute atomic E-state index is 11.9. The fraction of sp³-hybridized carbons (Fsp3) is 0.389. The number of nitrogens with two attached hydrogens (primary N) is 1. The second kappa shape index (κ2) is 6.56. The van der Waals surface area contributed by atoms with E-state index >= 15 is 0 Å². The Morgan fingerprint density at radius 1 is 1.36 bits per heavy atom. The molecule has 7 heteroatoms. The molecule has 0 saturated carbocycles. The Morgan fingerprint density at radius 2 is 2.08 bits per heavy atom. The summed E-state index contributed by atoms with van der Waals surface area (Å²) >= 11 is 1.62. The molecule has 0 aliphatic heterocycles. The van der Waals surface area contributed by atoms with Gasteiger partial charge in [0.2, 0.25) is 0 Å². The number of anilines is 2. The van der Waals surface area contributed by atoms with Gasteiger partial charge in [-0.3, -0.25) is 0 Å². The Hall–Kier alpha value is -1.69. The number of carbonyl (C=O) groups excluding carboxylic acids is 1. The molecular weight excluding hydrogens is 399 g/mol. The molecular formula is C18H22N4OSSe. The SMILES string of the molecule is CCc1c(C)sc2ncnc(Nc3cc(C(C)(C)C)[se]c3C(N)=O)c12. The molecule has 1 amide bonds. The van der Waals surface area contributed by atoms with Gasteiger partial charge >= 0.3 is 157 Å². The molecule has 0 radical (unpaired) electrons. The zero-order valence-electron chi connectivity index (χ0n) is 15.1. The van der Waals surface area contributed by atoms with E-state index < -0.39 is 0 Å². The fourth-order valence-corrected chi connectivity index (χ4v) is 6.01. The van der Waals surface area contributed by atoms with E-state index in [1.807, 2.05) is 0 Å². The monoisotopic (exact) mass is 422 g/mol. The van der Waals surface area contributed by atoms with Crippen LogP contribution in [0.1, 0.15) is 51.8 Å². The summed E-state index contributed by atoms with van der Waals surface area (Å²) in [6, 6.07) is 2.07. The third-order valence-electron chi connectivity index (χ3n) is 4.09. The number of hydrogen-bond donors (Lipinski definition) is 2. The second-order valence-corrected chi connectivity index (χ2v) is 10.4. The van der Waals surface area contributed by atoms with Crippen LogP contribution in [0.4, 0.5) is 11.5 Å². The molecule has 0 fully saturated rings. The van der Waals surface area contributed by atoms with Crippen molar-refractivity contribution in [1.29, 1.82) is 0 Å². The summed E-state index contributed by atoms with van der Waals surface area (Å²) in [5.74, 6) is 0.391. The van der Waals surface area contributed by atoms with E-state index in [1.165, 1.54) is 14.9 Å². The Bertz CT molecular complexity index is 952. The summed E-state index contributed by atoms with van der Waals surface area (Å²) in [7, 11) is 0. The number of aryl methyl sites for hydroxylation is 2. The summed E-state index contributed by atoms with van der Waals surface area (Å²) in [6.07, 6.45) is 2.49. The minimum atomic E-state index is -0.361. The molecule has 3 aromatic heterocycles. The fourth-order valence-electron chi connectivity index (χ4n) is 2.79. The van der Waals surface area contributed by atoms with Crippen molar-refractivity contribution in [3.05, 3.63) is 31.7 Å². The molecule has 3 heterocycles. The normalized spacial score (nSPS) is 11.9. The summed E-state index contributed by atoms with van der Waals surface area (Å²) in [6.45, 7) is 10.7. The molecule has 0 aliphatic carbocycles. The van der Waals surface area contributed by atoms with Crippen LogP contribution in [0, 0.1) is 6.92 Å². The molecule has 0 bridgehead atoms. The first-order valence-corrected chi connectivity index (χ1v) is 10.7. The second-order valence-electron chi connectivity index (χ2n) is 6.99. The maximum atomic E-state index is 11.9. The van der Waals surface area contributed by atoms with E-state index in [-0.39, 0.29) is 25.8 Å². The van der Waals surface area contributed by atoms with Crippen molar-refractivity contribution >= 4 is 53.5 Å². The zero-order chi connectivity index (χ0) is 18.4. The van der Waals surface area contributed by atoms with Crippen LogP contribution in [0.2, 0.25) is 0 Å². The predicted molar refractivity (Wildman–Crippen MR) is 105 cm³/mol. The average Bonchev–Trinajstić information content (AvgIpc) is 3.07. The molecule has 0 atom stereocenters. The van der Waals surface area contributed by atoms with Crippen LogP contribution in [-0.4, -0.2) is 30.4 Å². The molecule has 0 saturated heterocycles. The van der Waals surface area contributed by atoms with Gasteiger partial charge in [0.15, 0.2) is 0 Å². The van der Waals surface area contributed by atoms with Gasteiger partial charge in [-0.25, -0.2) is 0 Å². The van der Waals surface area contributed by atoms with Gasteiger partial charge in [-0.15, -0.1) is 0 Å². The van der Waals surface area contributed by atoms with Gasteiger partial charge in [-0.05, 0) is 0 Å². The van der Waals surface area contributed by atoms with Gasteiger partial charge in [-0.1, -0.05) is 0 Å². The molecule has 0 spiro atoms. The Kier molecular flexibility index (Phi) is 4.75. The van der Waals surface area contributed by atoms with Gasteiger partial charge in [-0.2, -0.15) is 0 Å². The van der Waals surface area contributed by atoms with Crippen molar-refractivity contribution in [2.45, 2.75) is 46.5 Å². The third kappa shape index (κ3) is 3.36. The van der Waals surface area contributed by atoms with E-state index in [1.54, 1.807) is 17.7 Å². The Morgan fingerprint density at radius 3 is 2.68 bits per heavy atom. The predicted octanol–water partition coefficient (Wildman–Crippen LogP) is 3.76. The Balaban J connectivity index is 2.13. The molecule has 132 valence electrons. The van der Waals surface area contributed by atoms with Crippen LogP contribution in [0.3, 0.4) is 0 Å². The molecule has 0 aliphatic rings. The summed E-state index contributed by atoms with van der Waals surface area (Å²) in [5.41, 5.74) is 7.69. The molecule has 3 rings (SSSR count). The minimum absolute atomic E-state index is 0.0126. The van der Waals surface area contributed by atoms with E-state index in [0.29, 0.717) is 4.44 Å². The van der Waals surface area contributed by atoms with Gasteiger partial charge in [0, 0.05) is 0 Å². The summed E-state index contributed by atoms with van der Waals surface area (Å²) in [4.78, 5) is 23.0. The van der Waals surface area contributed by atoms with Crippen molar-refractivity contribution in [2.75, 3.05) is 5.32 Å². The molecule has 0 aromatic carbocycles. The van der Waals surface area contributed by atoms with E-state index in [4.69, 9.17) is 5.73 Å². The molecule has 5 nitrogen and oxygen atoms in total. The van der Waals surface area contributed by atoms with Crippen LogP contribution in [0.5, 0.6) is 0 Å². The van der Waals surface area contributed by atoms with Crippen LogP contribution in [0.15, 0.2) is 12.4 Å². The topological polar surface area (TPSA) is 80.9 Å². The molecule has 3 N–H and O–H groups in total. The quantitative estimate of drug-likeness (QED) is 0.629. The van der Waals surface area contributed by atoms with Crippen molar-refractivity contribution in [1.82, 2.24) is 9.97 Å². The van der Waals surface area contributed by atoms with Gasteiger partial charge < -0.3 is 0 Å². The summed E-state index contributed by atoms with van der Waals surface area (Å²) < 4.78 is 1.92. The van der Waals surface area contributed by atoms with E-state index in [0.717, 1.165) is 28.1 Å². The number of primary amides is 1. The number of nitrogens with one attached hydrogen (secondary N) is 1. The average molecular weight is 421 g/mol. The standard InChI is InChI=1S/C18H22N4OSSe/c1-6-10-9(2)24-17-13(10)16(20-8-21-17)22-11-7-12(18(3,4)5)25-14(11)15(19)23/h7-8H,6H2,1-5H3,(H2,19,23)(H,20,21,22). The van der Waals surface area contributed by atoms with Crippen LogP contribution < -0.4 is 11.1 Å². The van der Waals surface area contributed by atoms with Crippen molar-refractivity contribution in [3.63, 3.8) is 0 Å². The molecule has 3 aromatic rings. The number of fused-ring (bicyclic) bond motifs is 1. The summed E-state index contributed by atoms with van der Waals surface area (Å²) in [5, 5.41) is 4.43. The number of carbonyl (C=O) groups is 1. The molecule has 0 unspecified atom stereocenters. The van der Waals surface area contributed by atoms with E-state index in [2.05, 4.69) is 56.0 Å². The third-order valence-corrected chi connectivity index (χ3v) is 8.45. The van der Waals surface area contributed by atoms with Crippen LogP contribution in [0.25, 0.3) is 10.2 Å². The van der Waals surface area contributed by atoms with E-state index in [9.17, 15) is 4.79 Å². The first-order chi connectivity index (χ1) is 11.7.